The molecule has 0 bridgehead atoms. The topological polar surface area (TPSA) is 20.2 Å². The summed E-state index contributed by atoms with van der Waals surface area (Å²) in [6, 6.07) is 0. The third kappa shape index (κ3) is 11.5. The molecule has 0 radical (unpaired) electrons. The SMILES string of the molecule is CCCCCCCCO.[MgH2]. The second-order valence-corrected chi connectivity index (χ2v) is 2.49. The predicted molar refractivity (Wildman–Crippen MR) is 49.0 cm³/mol. The summed E-state index contributed by atoms with van der Waals surface area (Å²) in [7, 11) is 0. The van der Waals surface area contributed by atoms with E-state index in [0.717, 1.165) is 6.42 Å². The summed E-state index contributed by atoms with van der Waals surface area (Å²) in [6.45, 7) is 2.58. The van der Waals surface area contributed by atoms with Crippen LogP contribution in [0, 0.1) is 0 Å². The number of hydrogen-bond donors (Lipinski definition) is 1. The Bertz CT molecular complexity index is 42.5. The molecule has 0 aliphatic rings. The van der Waals surface area contributed by atoms with Gasteiger partial charge in [0.25, 0.3) is 0 Å². The summed E-state index contributed by atoms with van der Waals surface area (Å²) in [5, 5.41) is 8.42. The maximum absolute atomic E-state index is 8.42. The maximum atomic E-state index is 8.42. The van der Waals surface area contributed by atoms with Gasteiger partial charge in [0.2, 0.25) is 0 Å². The van der Waals surface area contributed by atoms with Crippen LogP contribution in [0.15, 0.2) is 0 Å². The maximum Gasteiger partial charge on any atom is 0.316 e. The summed E-state index contributed by atoms with van der Waals surface area (Å²) >= 11 is 0. The standard InChI is InChI=1S/C8H18O.Mg.2H/c1-2-3-4-5-6-7-8-9;;;/h9H,2-8H2,1H3;;;. The fourth-order valence-electron chi connectivity index (χ4n) is 0.892. The zero-order chi connectivity index (χ0) is 6.95. The summed E-state index contributed by atoms with van der Waals surface area (Å²) in [6.07, 6.45) is 7.50. The zero-order valence-electron chi connectivity index (χ0n) is 6.40. The van der Waals surface area contributed by atoms with Gasteiger partial charge in [-0.15, -0.1) is 0 Å². The number of unbranched alkanes of at least 4 members (excludes halogenated alkanes) is 5. The highest BCUT2D eigenvalue weighted by molar-refractivity contribution is 5.75. The van der Waals surface area contributed by atoms with Gasteiger partial charge in [0, 0.05) is 6.61 Å². The minimum absolute atomic E-state index is 0. The van der Waals surface area contributed by atoms with Crippen molar-refractivity contribution in [3.05, 3.63) is 0 Å². The van der Waals surface area contributed by atoms with E-state index in [9.17, 15) is 0 Å². The van der Waals surface area contributed by atoms with Gasteiger partial charge in [0.15, 0.2) is 0 Å². The van der Waals surface area contributed by atoms with Crippen molar-refractivity contribution in [2.75, 3.05) is 6.61 Å². The largest absolute Gasteiger partial charge is 0.396 e. The van der Waals surface area contributed by atoms with Gasteiger partial charge in [0.1, 0.15) is 0 Å². The van der Waals surface area contributed by atoms with Crippen molar-refractivity contribution < 1.29 is 5.11 Å². The first-order valence-corrected chi connectivity index (χ1v) is 4.02. The van der Waals surface area contributed by atoms with Gasteiger partial charge in [-0.25, -0.2) is 0 Å². The minimum atomic E-state index is 0. The molecule has 0 fully saturated rings. The first-order chi connectivity index (χ1) is 4.41. The van der Waals surface area contributed by atoms with Crippen molar-refractivity contribution in [3.8, 4) is 0 Å². The molecule has 0 aromatic rings. The molecule has 0 aliphatic heterocycles. The van der Waals surface area contributed by atoms with E-state index in [0.29, 0.717) is 6.61 Å². The molecule has 0 amide bonds. The molecule has 10 heavy (non-hydrogen) atoms. The van der Waals surface area contributed by atoms with Crippen LogP contribution in [0.2, 0.25) is 0 Å². The molecule has 0 aromatic heterocycles. The van der Waals surface area contributed by atoms with Gasteiger partial charge in [-0.3, -0.25) is 0 Å². The highest BCUT2D eigenvalue weighted by Crippen LogP contribution is 2.03. The number of aliphatic hydroxyl groups is 1. The number of rotatable bonds is 6. The Labute approximate surface area is 80.4 Å². The highest BCUT2D eigenvalue weighted by Gasteiger charge is 1.86. The quantitative estimate of drug-likeness (QED) is 0.456. The van der Waals surface area contributed by atoms with Crippen molar-refractivity contribution in [3.63, 3.8) is 0 Å². The molecule has 1 N–H and O–H groups in total. The summed E-state index contributed by atoms with van der Waals surface area (Å²) in [5.74, 6) is 0. The molecule has 60 valence electrons. The lowest BCUT2D eigenvalue weighted by molar-refractivity contribution is 0.282. The number of hydrogen-bond acceptors (Lipinski definition) is 1. The van der Waals surface area contributed by atoms with Crippen LogP contribution < -0.4 is 0 Å². The molecule has 0 heterocycles. The first kappa shape index (κ1) is 13.3. The smallest absolute Gasteiger partial charge is 0.316 e. The van der Waals surface area contributed by atoms with Crippen molar-refractivity contribution in [1.29, 1.82) is 0 Å². The average molecular weight is 157 g/mol. The molecule has 0 saturated carbocycles. The van der Waals surface area contributed by atoms with Gasteiger partial charge < -0.3 is 5.11 Å². The van der Waals surface area contributed by atoms with E-state index in [1.54, 1.807) is 0 Å². The Morgan fingerprint density at radius 2 is 1.40 bits per heavy atom. The molecular formula is C8H20MgO. The van der Waals surface area contributed by atoms with E-state index < -0.39 is 0 Å². The van der Waals surface area contributed by atoms with Gasteiger partial charge in [-0.05, 0) is 6.42 Å². The van der Waals surface area contributed by atoms with E-state index in [1.807, 2.05) is 0 Å². The molecular weight excluding hydrogens is 136 g/mol. The Balaban J connectivity index is 0. The van der Waals surface area contributed by atoms with Crippen LogP contribution in [0.3, 0.4) is 0 Å². The lowest BCUT2D eigenvalue weighted by Crippen LogP contribution is -1.82. The average Bonchev–Trinajstić information content (AvgIpc) is 1.89. The van der Waals surface area contributed by atoms with E-state index in [4.69, 9.17) is 5.11 Å². The van der Waals surface area contributed by atoms with Crippen LogP contribution in [0.4, 0.5) is 0 Å². The zero-order valence-corrected chi connectivity index (χ0v) is 6.40. The van der Waals surface area contributed by atoms with Gasteiger partial charge in [-0.1, -0.05) is 39.0 Å². The Hall–Kier alpha value is 0.726. The molecule has 0 saturated heterocycles. The number of aliphatic hydroxyl groups excluding tert-OH is 1. The fraction of sp³-hybridized carbons (Fsp3) is 1.00. The van der Waals surface area contributed by atoms with Crippen LogP contribution in [0.1, 0.15) is 45.4 Å². The molecule has 0 atom stereocenters. The predicted octanol–water partition coefficient (Wildman–Crippen LogP) is 1.42. The lowest BCUT2D eigenvalue weighted by atomic mass is 10.1. The summed E-state index contributed by atoms with van der Waals surface area (Å²) in [5.41, 5.74) is 0. The van der Waals surface area contributed by atoms with Crippen LogP contribution in [-0.2, 0) is 0 Å². The monoisotopic (exact) mass is 156 g/mol. The van der Waals surface area contributed by atoms with E-state index in [1.165, 1.54) is 32.1 Å². The third-order valence-electron chi connectivity index (χ3n) is 1.51. The van der Waals surface area contributed by atoms with Gasteiger partial charge in [0.05, 0.1) is 0 Å². The second-order valence-electron chi connectivity index (χ2n) is 2.49. The van der Waals surface area contributed by atoms with E-state index in [-0.39, 0.29) is 23.1 Å². The van der Waals surface area contributed by atoms with Crippen LogP contribution in [-0.4, -0.2) is 34.8 Å². The third-order valence-corrected chi connectivity index (χ3v) is 1.51. The Kier molecular flexibility index (Phi) is 16.5. The molecule has 1 nitrogen and oxygen atoms in total. The molecule has 0 aromatic carbocycles. The Morgan fingerprint density at radius 1 is 0.900 bits per heavy atom. The minimum Gasteiger partial charge on any atom is -0.396 e. The fourth-order valence-corrected chi connectivity index (χ4v) is 0.892. The Morgan fingerprint density at radius 3 is 1.90 bits per heavy atom. The first-order valence-electron chi connectivity index (χ1n) is 4.02. The van der Waals surface area contributed by atoms with Gasteiger partial charge >= 0.3 is 23.1 Å². The summed E-state index contributed by atoms with van der Waals surface area (Å²) in [4.78, 5) is 0. The second kappa shape index (κ2) is 12.4. The molecule has 0 rings (SSSR count). The van der Waals surface area contributed by atoms with Crippen LogP contribution >= 0.6 is 0 Å². The normalized spacial score (nSPS) is 9.00. The van der Waals surface area contributed by atoms with Crippen molar-refractivity contribution in [2.24, 2.45) is 0 Å². The molecule has 0 spiro atoms. The van der Waals surface area contributed by atoms with Crippen molar-refractivity contribution in [1.82, 2.24) is 0 Å². The van der Waals surface area contributed by atoms with Crippen LogP contribution in [0.25, 0.3) is 0 Å². The van der Waals surface area contributed by atoms with Crippen molar-refractivity contribution >= 4 is 23.1 Å². The molecule has 0 aliphatic carbocycles. The van der Waals surface area contributed by atoms with E-state index >= 15 is 0 Å². The van der Waals surface area contributed by atoms with E-state index in [2.05, 4.69) is 6.92 Å². The van der Waals surface area contributed by atoms with Crippen LogP contribution in [0.5, 0.6) is 0 Å². The van der Waals surface area contributed by atoms with Crippen molar-refractivity contribution in [2.45, 2.75) is 45.4 Å². The lowest BCUT2D eigenvalue weighted by Gasteiger charge is -1.95. The van der Waals surface area contributed by atoms with Gasteiger partial charge in [-0.2, -0.15) is 0 Å². The molecule has 2 heteroatoms. The summed E-state index contributed by atoms with van der Waals surface area (Å²) < 4.78 is 0. The highest BCUT2D eigenvalue weighted by atomic mass is 24.3. The molecule has 0 unspecified atom stereocenters.